The van der Waals surface area contributed by atoms with Gasteiger partial charge in [0.05, 0.1) is 16.3 Å². The molecule has 29 heavy (non-hydrogen) atoms. The fourth-order valence-electron chi connectivity index (χ4n) is 3.81. The lowest BCUT2D eigenvalue weighted by Crippen LogP contribution is -2.43. The van der Waals surface area contributed by atoms with Crippen molar-refractivity contribution in [3.8, 4) is 32.3 Å². The van der Waals surface area contributed by atoms with E-state index >= 15 is 0 Å². The molecule has 0 radical (unpaired) electrons. The second-order valence-electron chi connectivity index (χ2n) is 7.66. The summed E-state index contributed by atoms with van der Waals surface area (Å²) in [5.74, 6) is 0. The molecule has 4 N–H and O–H groups in total. The summed E-state index contributed by atoms with van der Waals surface area (Å²) in [5, 5.41) is 0.914. The molecule has 2 heterocycles. The second-order valence-corrected chi connectivity index (χ2v) is 8.66. The van der Waals surface area contributed by atoms with Gasteiger partial charge in [-0.3, -0.25) is 4.98 Å². The van der Waals surface area contributed by atoms with Crippen LogP contribution in [-0.2, 0) is 5.54 Å². The minimum Gasteiger partial charge on any atom is -0.397 e. The first kappa shape index (κ1) is 18.0. The fourth-order valence-corrected chi connectivity index (χ4v) is 4.88. The first-order valence-electron chi connectivity index (χ1n) is 9.79. The van der Waals surface area contributed by atoms with Crippen LogP contribution < -0.4 is 11.5 Å². The second kappa shape index (κ2) is 7.10. The lowest BCUT2D eigenvalue weighted by Gasteiger charge is -2.38. The standard InChI is InChI=1S/C24H22N4S/c25-20-13-18(14-27-15-20)23-28-21(22(29-23)17-5-2-1-3-6-17)16-7-9-19(10-8-16)24(26)11-4-12-24/h1-3,5-10,13-15H,4,11-12,25-26H2. The van der Waals surface area contributed by atoms with Gasteiger partial charge in [-0.05, 0) is 36.5 Å². The maximum Gasteiger partial charge on any atom is 0.126 e. The number of pyridine rings is 1. The minimum absolute atomic E-state index is 0.152. The zero-order valence-electron chi connectivity index (χ0n) is 16.0. The Morgan fingerprint density at radius 3 is 2.28 bits per heavy atom. The van der Waals surface area contributed by atoms with E-state index in [9.17, 15) is 0 Å². The Balaban J connectivity index is 1.61. The Kier molecular flexibility index (Phi) is 4.42. The number of aromatic nitrogens is 2. The third-order valence-electron chi connectivity index (χ3n) is 5.65. The lowest BCUT2D eigenvalue weighted by atomic mass is 9.72. The van der Waals surface area contributed by atoms with Crippen LogP contribution in [-0.4, -0.2) is 9.97 Å². The lowest BCUT2D eigenvalue weighted by molar-refractivity contribution is 0.253. The SMILES string of the molecule is Nc1cncc(-c2nc(-c3ccc(C4(N)CCC4)cc3)c(-c3ccccc3)s2)c1. The Morgan fingerprint density at radius 1 is 0.862 bits per heavy atom. The molecule has 4 aromatic rings. The highest BCUT2D eigenvalue weighted by Crippen LogP contribution is 2.42. The predicted octanol–water partition coefficient (Wildman–Crippen LogP) is 5.46. The van der Waals surface area contributed by atoms with E-state index in [0.29, 0.717) is 5.69 Å². The number of hydrogen-bond acceptors (Lipinski definition) is 5. The molecule has 144 valence electrons. The maximum atomic E-state index is 6.50. The third-order valence-corrected chi connectivity index (χ3v) is 6.80. The van der Waals surface area contributed by atoms with Crippen molar-refractivity contribution in [1.82, 2.24) is 9.97 Å². The van der Waals surface area contributed by atoms with Gasteiger partial charge in [0, 0.05) is 29.1 Å². The molecular formula is C24H22N4S. The van der Waals surface area contributed by atoms with Crippen LogP contribution in [0.2, 0.25) is 0 Å². The van der Waals surface area contributed by atoms with Crippen LogP contribution in [0, 0.1) is 0 Å². The quantitative estimate of drug-likeness (QED) is 0.478. The van der Waals surface area contributed by atoms with E-state index in [1.54, 1.807) is 17.5 Å². The Morgan fingerprint density at radius 2 is 1.62 bits per heavy atom. The van der Waals surface area contributed by atoms with Crippen LogP contribution in [0.3, 0.4) is 0 Å². The van der Waals surface area contributed by atoms with Crippen LogP contribution in [0.25, 0.3) is 32.3 Å². The van der Waals surface area contributed by atoms with Crippen molar-refractivity contribution in [2.24, 2.45) is 5.73 Å². The van der Waals surface area contributed by atoms with Gasteiger partial charge in [-0.25, -0.2) is 4.98 Å². The van der Waals surface area contributed by atoms with Crippen molar-refractivity contribution < 1.29 is 0 Å². The molecule has 5 rings (SSSR count). The zero-order valence-corrected chi connectivity index (χ0v) is 16.8. The van der Waals surface area contributed by atoms with Crippen molar-refractivity contribution in [2.75, 3.05) is 5.73 Å². The highest BCUT2D eigenvalue weighted by molar-refractivity contribution is 7.19. The summed E-state index contributed by atoms with van der Waals surface area (Å²) in [6, 6.07) is 20.9. The monoisotopic (exact) mass is 398 g/mol. The molecule has 2 aromatic heterocycles. The average Bonchev–Trinajstić information content (AvgIpc) is 3.18. The number of benzene rings is 2. The summed E-state index contributed by atoms with van der Waals surface area (Å²) in [7, 11) is 0. The van der Waals surface area contributed by atoms with Crippen LogP contribution in [0.4, 0.5) is 5.69 Å². The van der Waals surface area contributed by atoms with E-state index in [0.717, 1.165) is 45.1 Å². The van der Waals surface area contributed by atoms with Crippen LogP contribution in [0.15, 0.2) is 73.1 Å². The number of anilines is 1. The van der Waals surface area contributed by atoms with Crippen molar-refractivity contribution in [3.63, 3.8) is 0 Å². The van der Waals surface area contributed by atoms with E-state index in [2.05, 4.69) is 53.5 Å². The predicted molar refractivity (Wildman–Crippen MR) is 120 cm³/mol. The Hall–Kier alpha value is -3.02. The van der Waals surface area contributed by atoms with Gasteiger partial charge in [0.25, 0.3) is 0 Å². The molecule has 1 fully saturated rings. The Bertz CT molecular complexity index is 1150. The highest BCUT2D eigenvalue weighted by Gasteiger charge is 2.34. The molecule has 0 amide bonds. The van der Waals surface area contributed by atoms with Crippen molar-refractivity contribution >= 4 is 17.0 Å². The van der Waals surface area contributed by atoms with Gasteiger partial charge in [0.1, 0.15) is 5.01 Å². The summed E-state index contributed by atoms with van der Waals surface area (Å²) in [6.45, 7) is 0. The van der Waals surface area contributed by atoms with Crippen LogP contribution in [0.1, 0.15) is 24.8 Å². The van der Waals surface area contributed by atoms with E-state index in [-0.39, 0.29) is 5.54 Å². The number of nitrogens with zero attached hydrogens (tertiary/aromatic N) is 2. The zero-order chi connectivity index (χ0) is 19.8. The van der Waals surface area contributed by atoms with E-state index in [4.69, 9.17) is 16.5 Å². The average molecular weight is 399 g/mol. The van der Waals surface area contributed by atoms with E-state index in [1.807, 2.05) is 18.3 Å². The van der Waals surface area contributed by atoms with E-state index in [1.165, 1.54) is 12.0 Å². The van der Waals surface area contributed by atoms with Crippen LogP contribution >= 0.6 is 11.3 Å². The normalized spacial score (nSPS) is 15.1. The van der Waals surface area contributed by atoms with Crippen molar-refractivity contribution in [3.05, 3.63) is 78.6 Å². The first-order chi connectivity index (χ1) is 14.1. The molecule has 0 spiro atoms. The first-order valence-corrected chi connectivity index (χ1v) is 10.6. The Labute approximate surface area is 174 Å². The number of nitrogen functional groups attached to an aromatic ring is 1. The van der Waals surface area contributed by atoms with Gasteiger partial charge in [0.2, 0.25) is 0 Å². The van der Waals surface area contributed by atoms with Crippen molar-refractivity contribution in [1.29, 1.82) is 0 Å². The van der Waals surface area contributed by atoms with Gasteiger partial charge in [0.15, 0.2) is 0 Å². The fraction of sp³-hybridized carbons (Fsp3) is 0.167. The molecule has 0 saturated heterocycles. The number of nitrogens with two attached hydrogens (primary N) is 2. The molecular weight excluding hydrogens is 376 g/mol. The van der Waals surface area contributed by atoms with Gasteiger partial charge < -0.3 is 11.5 Å². The molecule has 2 aromatic carbocycles. The van der Waals surface area contributed by atoms with Crippen LogP contribution in [0.5, 0.6) is 0 Å². The largest absolute Gasteiger partial charge is 0.397 e. The molecule has 1 aliphatic carbocycles. The van der Waals surface area contributed by atoms with Gasteiger partial charge >= 0.3 is 0 Å². The topological polar surface area (TPSA) is 77.8 Å². The minimum atomic E-state index is -0.152. The summed E-state index contributed by atoms with van der Waals surface area (Å²) in [5.41, 5.74) is 18.3. The molecule has 0 bridgehead atoms. The maximum absolute atomic E-state index is 6.50. The molecule has 1 aliphatic rings. The van der Waals surface area contributed by atoms with Gasteiger partial charge in [-0.15, -0.1) is 11.3 Å². The van der Waals surface area contributed by atoms with E-state index < -0.39 is 0 Å². The number of thiazole rings is 1. The number of hydrogen-bond donors (Lipinski definition) is 2. The molecule has 0 unspecified atom stereocenters. The van der Waals surface area contributed by atoms with Gasteiger partial charge in [-0.1, -0.05) is 54.6 Å². The summed E-state index contributed by atoms with van der Waals surface area (Å²) in [4.78, 5) is 10.4. The van der Waals surface area contributed by atoms with Crippen molar-refractivity contribution in [2.45, 2.75) is 24.8 Å². The smallest absolute Gasteiger partial charge is 0.126 e. The summed E-state index contributed by atoms with van der Waals surface area (Å²) >= 11 is 1.66. The molecule has 1 saturated carbocycles. The molecule has 5 heteroatoms. The summed E-state index contributed by atoms with van der Waals surface area (Å²) < 4.78 is 0. The molecule has 0 atom stereocenters. The third kappa shape index (κ3) is 3.33. The molecule has 4 nitrogen and oxygen atoms in total. The number of rotatable bonds is 4. The highest BCUT2D eigenvalue weighted by atomic mass is 32.1. The molecule has 0 aliphatic heterocycles. The summed E-state index contributed by atoms with van der Waals surface area (Å²) in [6.07, 6.45) is 6.79. The van der Waals surface area contributed by atoms with Gasteiger partial charge in [-0.2, -0.15) is 0 Å².